The second-order valence-corrected chi connectivity index (χ2v) is 9.52. The largest absolute Gasteiger partial charge is 0.354 e. The van der Waals surface area contributed by atoms with Gasteiger partial charge in [-0.15, -0.1) is 0 Å². The van der Waals surface area contributed by atoms with Gasteiger partial charge in [-0.1, -0.05) is 31.0 Å². The molecule has 5 rings (SSSR count). The SMILES string of the molecule is N#Cc1cccnc1N1CCCN(C(=O)C2CCCCC2C(=O)N2CCc3ccccc32)CC1. The highest BCUT2D eigenvalue weighted by Gasteiger charge is 2.41. The molecule has 0 bridgehead atoms. The summed E-state index contributed by atoms with van der Waals surface area (Å²) < 4.78 is 0. The number of carbonyl (C=O) groups is 2. The molecular weight excluding hydrogens is 426 g/mol. The van der Waals surface area contributed by atoms with Crippen LogP contribution in [0.4, 0.5) is 11.5 Å². The second-order valence-electron chi connectivity index (χ2n) is 9.52. The van der Waals surface area contributed by atoms with E-state index in [9.17, 15) is 14.9 Å². The van der Waals surface area contributed by atoms with Crippen LogP contribution in [0.2, 0.25) is 0 Å². The van der Waals surface area contributed by atoms with Crippen LogP contribution in [0.3, 0.4) is 0 Å². The van der Waals surface area contributed by atoms with Crippen molar-refractivity contribution in [1.82, 2.24) is 9.88 Å². The Hall–Kier alpha value is -3.40. The van der Waals surface area contributed by atoms with E-state index in [2.05, 4.69) is 22.0 Å². The van der Waals surface area contributed by atoms with Gasteiger partial charge in [-0.3, -0.25) is 9.59 Å². The van der Waals surface area contributed by atoms with Crippen LogP contribution >= 0.6 is 0 Å². The van der Waals surface area contributed by atoms with Crippen LogP contribution in [0.1, 0.15) is 43.2 Å². The molecule has 7 heteroatoms. The van der Waals surface area contributed by atoms with Gasteiger partial charge >= 0.3 is 0 Å². The van der Waals surface area contributed by atoms with Gasteiger partial charge < -0.3 is 14.7 Å². The molecule has 2 amide bonds. The van der Waals surface area contributed by atoms with Crippen molar-refractivity contribution in [2.24, 2.45) is 11.8 Å². The lowest BCUT2D eigenvalue weighted by Crippen LogP contribution is -2.47. The van der Waals surface area contributed by atoms with Gasteiger partial charge in [0.2, 0.25) is 11.8 Å². The van der Waals surface area contributed by atoms with Gasteiger partial charge in [0.15, 0.2) is 0 Å². The number of rotatable bonds is 3. The number of benzene rings is 1. The molecule has 2 aliphatic heterocycles. The van der Waals surface area contributed by atoms with E-state index < -0.39 is 0 Å². The molecule has 0 spiro atoms. The molecule has 1 saturated carbocycles. The minimum absolute atomic E-state index is 0.117. The molecule has 176 valence electrons. The van der Waals surface area contributed by atoms with E-state index in [0.29, 0.717) is 37.6 Å². The Morgan fingerprint density at radius 2 is 1.68 bits per heavy atom. The average Bonchev–Trinajstić information content (AvgIpc) is 3.17. The number of nitriles is 1. The van der Waals surface area contributed by atoms with E-state index in [1.807, 2.05) is 28.0 Å². The van der Waals surface area contributed by atoms with Crippen molar-refractivity contribution in [1.29, 1.82) is 5.26 Å². The minimum Gasteiger partial charge on any atom is -0.354 e. The van der Waals surface area contributed by atoms with E-state index in [4.69, 9.17) is 0 Å². The molecule has 3 aliphatic rings. The summed E-state index contributed by atoms with van der Waals surface area (Å²) in [5.41, 5.74) is 2.79. The normalized spacial score (nSPS) is 22.6. The number of aromatic nitrogens is 1. The Morgan fingerprint density at radius 3 is 2.50 bits per heavy atom. The topological polar surface area (TPSA) is 80.5 Å². The third-order valence-electron chi connectivity index (χ3n) is 7.57. The van der Waals surface area contributed by atoms with Crippen LogP contribution in [-0.4, -0.2) is 54.4 Å². The number of pyridine rings is 1. The summed E-state index contributed by atoms with van der Waals surface area (Å²) in [5.74, 6) is 0.441. The molecule has 1 aromatic carbocycles. The Labute approximate surface area is 201 Å². The van der Waals surface area contributed by atoms with Crippen molar-refractivity contribution in [3.05, 3.63) is 53.7 Å². The monoisotopic (exact) mass is 457 g/mol. The maximum atomic E-state index is 13.7. The molecule has 0 radical (unpaired) electrons. The summed E-state index contributed by atoms with van der Waals surface area (Å²) in [6.45, 7) is 3.37. The predicted octanol–water partition coefficient (Wildman–Crippen LogP) is 3.39. The number of fused-ring (bicyclic) bond motifs is 1. The fraction of sp³-hybridized carbons (Fsp3) is 0.481. The average molecular weight is 458 g/mol. The summed E-state index contributed by atoms with van der Waals surface area (Å²) in [6.07, 6.45) is 6.97. The van der Waals surface area contributed by atoms with Gasteiger partial charge in [-0.2, -0.15) is 5.26 Å². The van der Waals surface area contributed by atoms with Crippen LogP contribution in [0.15, 0.2) is 42.6 Å². The number of nitrogens with zero attached hydrogens (tertiary/aromatic N) is 5. The standard InChI is InChI=1S/C27H31N5O2/c28-19-21-8-5-13-29-25(21)30-14-6-15-31(18-17-30)26(33)22-9-2-3-10-23(22)27(34)32-16-12-20-7-1-4-11-24(20)32/h1,4-5,7-8,11,13,22-23H,2-3,6,9-10,12,14-18H2. The zero-order valence-electron chi connectivity index (χ0n) is 19.5. The summed E-state index contributed by atoms with van der Waals surface area (Å²) in [4.78, 5) is 37.8. The van der Waals surface area contributed by atoms with Gasteiger partial charge in [0, 0.05) is 50.5 Å². The molecular formula is C27H31N5O2. The fourth-order valence-corrected chi connectivity index (χ4v) is 5.81. The van der Waals surface area contributed by atoms with Crippen molar-refractivity contribution in [3.63, 3.8) is 0 Å². The van der Waals surface area contributed by atoms with Gasteiger partial charge in [0.05, 0.1) is 11.5 Å². The zero-order chi connectivity index (χ0) is 23.5. The smallest absolute Gasteiger partial charge is 0.230 e. The molecule has 0 N–H and O–H groups in total. The Kier molecular flexibility index (Phi) is 6.48. The molecule has 2 fully saturated rings. The number of amides is 2. The lowest BCUT2D eigenvalue weighted by atomic mass is 9.77. The van der Waals surface area contributed by atoms with Crippen LogP contribution in [0.25, 0.3) is 0 Å². The number of hydrogen-bond donors (Lipinski definition) is 0. The fourth-order valence-electron chi connectivity index (χ4n) is 5.81. The highest BCUT2D eigenvalue weighted by molar-refractivity contribution is 5.99. The van der Waals surface area contributed by atoms with Gasteiger partial charge in [0.25, 0.3) is 0 Å². The lowest BCUT2D eigenvalue weighted by molar-refractivity contribution is -0.142. The third kappa shape index (κ3) is 4.25. The molecule has 2 aromatic rings. The Morgan fingerprint density at radius 1 is 0.882 bits per heavy atom. The van der Waals surface area contributed by atoms with Crippen molar-refractivity contribution in [2.75, 3.05) is 42.5 Å². The summed E-state index contributed by atoms with van der Waals surface area (Å²) in [7, 11) is 0. The highest BCUT2D eigenvalue weighted by atomic mass is 16.2. The maximum absolute atomic E-state index is 13.7. The van der Waals surface area contributed by atoms with Crippen molar-refractivity contribution >= 4 is 23.3 Å². The molecule has 1 saturated heterocycles. The summed E-state index contributed by atoms with van der Waals surface area (Å²) in [5, 5.41) is 9.45. The van der Waals surface area contributed by atoms with Crippen LogP contribution in [0.5, 0.6) is 0 Å². The second kappa shape index (κ2) is 9.84. The van der Waals surface area contributed by atoms with E-state index in [1.165, 1.54) is 5.56 Å². The Balaban J connectivity index is 1.29. The Bertz CT molecular complexity index is 1110. The first-order valence-electron chi connectivity index (χ1n) is 12.5. The number of anilines is 2. The molecule has 1 aliphatic carbocycles. The molecule has 34 heavy (non-hydrogen) atoms. The minimum atomic E-state index is -0.245. The van der Waals surface area contributed by atoms with Crippen LogP contribution < -0.4 is 9.80 Å². The first-order chi connectivity index (χ1) is 16.7. The summed E-state index contributed by atoms with van der Waals surface area (Å²) in [6, 6.07) is 13.9. The third-order valence-corrected chi connectivity index (χ3v) is 7.57. The zero-order valence-corrected chi connectivity index (χ0v) is 19.5. The number of carbonyl (C=O) groups excluding carboxylic acids is 2. The number of hydrogen-bond acceptors (Lipinski definition) is 5. The van der Waals surface area contributed by atoms with Gasteiger partial charge in [-0.05, 0) is 49.4 Å². The highest BCUT2D eigenvalue weighted by Crippen LogP contribution is 2.37. The van der Waals surface area contributed by atoms with Gasteiger partial charge in [0.1, 0.15) is 11.9 Å². The molecule has 2 atom stereocenters. The van der Waals surface area contributed by atoms with E-state index in [1.54, 1.807) is 18.3 Å². The van der Waals surface area contributed by atoms with Crippen molar-refractivity contribution < 1.29 is 9.59 Å². The first kappa shape index (κ1) is 22.4. The van der Waals surface area contributed by atoms with E-state index in [-0.39, 0.29) is 23.7 Å². The maximum Gasteiger partial charge on any atom is 0.230 e. The molecule has 2 unspecified atom stereocenters. The van der Waals surface area contributed by atoms with Gasteiger partial charge in [-0.25, -0.2) is 4.98 Å². The van der Waals surface area contributed by atoms with Crippen LogP contribution in [-0.2, 0) is 16.0 Å². The molecule has 3 heterocycles. The van der Waals surface area contributed by atoms with Crippen molar-refractivity contribution in [3.8, 4) is 6.07 Å². The summed E-state index contributed by atoms with van der Waals surface area (Å²) >= 11 is 0. The van der Waals surface area contributed by atoms with E-state index >= 15 is 0 Å². The van der Waals surface area contributed by atoms with E-state index in [0.717, 1.165) is 50.8 Å². The quantitative estimate of drug-likeness (QED) is 0.706. The molecule has 7 nitrogen and oxygen atoms in total. The predicted molar refractivity (Wildman–Crippen MR) is 130 cm³/mol. The molecule has 1 aromatic heterocycles. The van der Waals surface area contributed by atoms with Crippen LogP contribution in [0, 0.1) is 23.2 Å². The first-order valence-corrected chi connectivity index (χ1v) is 12.5. The number of para-hydroxylation sites is 1. The van der Waals surface area contributed by atoms with Crippen molar-refractivity contribution in [2.45, 2.75) is 38.5 Å². The lowest BCUT2D eigenvalue weighted by Gasteiger charge is -2.35.